The average molecular weight is 230 g/mol. The lowest BCUT2D eigenvalue weighted by Crippen LogP contribution is -2.26. The molecule has 2 aromatic rings. The Morgan fingerprint density at radius 2 is 2.12 bits per heavy atom. The highest BCUT2D eigenvalue weighted by Crippen LogP contribution is 1.98. The number of nitrogens with one attached hydrogen (secondary N) is 1. The minimum atomic E-state index is -0.186. The van der Waals surface area contributed by atoms with E-state index >= 15 is 0 Å². The van der Waals surface area contributed by atoms with E-state index in [2.05, 4.69) is 15.6 Å². The molecule has 1 aromatic carbocycles. The first-order chi connectivity index (χ1) is 8.25. The molecule has 0 saturated heterocycles. The Bertz CT molecular complexity index is 492. The van der Waals surface area contributed by atoms with Gasteiger partial charge in [-0.05, 0) is 12.0 Å². The average Bonchev–Trinajstić information content (AvgIpc) is 2.77. The first kappa shape index (κ1) is 11.3. The van der Waals surface area contributed by atoms with E-state index < -0.39 is 0 Å². The van der Waals surface area contributed by atoms with Crippen molar-refractivity contribution in [3.63, 3.8) is 0 Å². The van der Waals surface area contributed by atoms with Crippen LogP contribution in [0.5, 0.6) is 0 Å². The number of nitrogens with zero attached hydrogens (tertiary/aromatic N) is 3. The number of hydrogen-bond donors (Lipinski definition) is 1. The van der Waals surface area contributed by atoms with E-state index in [0.717, 1.165) is 6.42 Å². The molecule has 0 atom stereocenters. The summed E-state index contributed by atoms with van der Waals surface area (Å²) in [5.74, 6) is -0.186. The number of aryl methyl sites for hydroxylation is 1. The smallest absolute Gasteiger partial charge is 0.273 e. The Kier molecular flexibility index (Phi) is 3.49. The standard InChI is InChI=1S/C12H14N4O/c1-16-9-11(14-15-16)12(17)13-8-7-10-5-3-2-4-6-10/h2-6,9H,7-8H2,1H3,(H,13,17). The number of amides is 1. The van der Waals surface area contributed by atoms with Crippen LogP contribution in [0.1, 0.15) is 16.1 Å². The molecule has 1 N–H and O–H groups in total. The summed E-state index contributed by atoms with van der Waals surface area (Å²) in [5, 5.41) is 10.3. The Hall–Kier alpha value is -2.17. The third-order valence-corrected chi connectivity index (χ3v) is 2.38. The van der Waals surface area contributed by atoms with E-state index in [1.165, 1.54) is 10.2 Å². The van der Waals surface area contributed by atoms with Gasteiger partial charge in [0.25, 0.3) is 5.91 Å². The van der Waals surface area contributed by atoms with E-state index in [0.29, 0.717) is 12.2 Å². The highest BCUT2D eigenvalue weighted by atomic mass is 16.1. The summed E-state index contributed by atoms with van der Waals surface area (Å²) >= 11 is 0. The molecule has 88 valence electrons. The maximum absolute atomic E-state index is 11.6. The first-order valence-electron chi connectivity index (χ1n) is 5.44. The van der Waals surface area contributed by atoms with Gasteiger partial charge in [-0.2, -0.15) is 0 Å². The number of hydrogen-bond acceptors (Lipinski definition) is 3. The molecule has 1 heterocycles. The second kappa shape index (κ2) is 5.25. The van der Waals surface area contributed by atoms with Gasteiger partial charge in [-0.1, -0.05) is 35.5 Å². The van der Waals surface area contributed by atoms with E-state index in [1.54, 1.807) is 13.2 Å². The highest BCUT2D eigenvalue weighted by Gasteiger charge is 2.08. The highest BCUT2D eigenvalue weighted by molar-refractivity contribution is 5.91. The van der Waals surface area contributed by atoms with Gasteiger partial charge < -0.3 is 5.32 Å². The van der Waals surface area contributed by atoms with Gasteiger partial charge in [0.05, 0.1) is 6.20 Å². The fraction of sp³-hybridized carbons (Fsp3) is 0.250. The maximum Gasteiger partial charge on any atom is 0.273 e. The minimum absolute atomic E-state index is 0.186. The minimum Gasteiger partial charge on any atom is -0.350 e. The number of carbonyl (C=O) groups is 1. The van der Waals surface area contributed by atoms with Crippen LogP contribution in [0, 0.1) is 0 Å². The summed E-state index contributed by atoms with van der Waals surface area (Å²) < 4.78 is 1.51. The van der Waals surface area contributed by atoms with Crippen molar-refractivity contribution in [1.29, 1.82) is 0 Å². The second-order valence-corrected chi connectivity index (χ2v) is 3.77. The van der Waals surface area contributed by atoms with Gasteiger partial charge in [-0.15, -0.1) is 5.10 Å². The zero-order valence-corrected chi connectivity index (χ0v) is 9.63. The van der Waals surface area contributed by atoms with Crippen molar-refractivity contribution >= 4 is 5.91 Å². The summed E-state index contributed by atoms with van der Waals surface area (Å²) in [4.78, 5) is 11.6. The van der Waals surface area contributed by atoms with Crippen molar-refractivity contribution in [2.75, 3.05) is 6.54 Å². The monoisotopic (exact) mass is 230 g/mol. The van der Waals surface area contributed by atoms with Gasteiger partial charge in [0.1, 0.15) is 0 Å². The van der Waals surface area contributed by atoms with Gasteiger partial charge in [-0.3, -0.25) is 9.48 Å². The van der Waals surface area contributed by atoms with Crippen LogP contribution in [0.2, 0.25) is 0 Å². The van der Waals surface area contributed by atoms with Crippen molar-refractivity contribution in [3.05, 3.63) is 47.8 Å². The summed E-state index contributed by atoms with van der Waals surface area (Å²) in [6.07, 6.45) is 2.41. The van der Waals surface area contributed by atoms with E-state index in [4.69, 9.17) is 0 Å². The van der Waals surface area contributed by atoms with Crippen molar-refractivity contribution in [2.45, 2.75) is 6.42 Å². The third-order valence-electron chi connectivity index (χ3n) is 2.38. The summed E-state index contributed by atoms with van der Waals surface area (Å²) in [6, 6.07) is 10.0. The third kappa shape index (κ3) is 3.14. The lowest BCUT2D eigenvalue weighted by Gasteiger charge is -2.02. The SMILES string of the molecule is Cn1cc(C(=O)NCCc2ccccc2)nn1. The molecule has 0 aliphatic heterocycles. The van der Waals surface area contributed by atoms with Crippen LogP contribution >= 0.6 is 0 Å². The predicted octanol–water partition coefficient (Wildman–Crippen LogP) is 0.788. The lowest BCUT2D eigenvalue weighted by atomic mass is 10.1. The lowest BCUT2D eigenvalue weighted by molar-refractivity contribution is 0.0949. The summed E-state index contributed by atoms with van der Waals surface area (Å²) in [7, 11) is 1.73. The zero-order chi connectivity index (χ0) is 12.1. The quantitative estimate of drug-likeness (QED) is 0.844. The van der Waals surface area contributed by atoms with Gasteiger partial charge >= 0.3 is 0 Å². The molecule has 0 bridgehead atoms. The van der Waals surface area contributed by atoms with Gasteiger partial charge in [0, 0.05) is 13.6 Å². The molecule has 0 radical (unpaired) electrons. The summed E-state index contributed by atoms with van der Waals surface area (Å²) in [6.45, 7) is 0.597. The van der Waals surface area contributed by atoms with Crippen molar-refractivity contribution in [2.24, 2.45) is 7.05 Å². The Balaban J connectivity index is 1.81. The Morgan fingerprint density at radius 3 is 2.76 bits per heavy atom. The molecule has 17 heavy (non-hydrogen) atoms. The van der Waals surface area contributed by atoms with Crippen LogP contribution in [0.15, 0.2) is 36.5 Å². The Labute approximate surface area is 99.5 Å². The second-order valence-electron chi connectivity index (χ2n) is 3.77. The molecule has 5 heteroatoms. The van der Waals surface area contributed by atoms with Crippen LogP contribution in [0.3, 0.4) is 0 Å². The van der Waals surface area contributed by atoms with Crippen LogP contribution in [-0.4, -0.2) is 27.4 Å². The predicted molar refractivity (Wildman–Crippen MR) is 63.5 cm³/mol. The van der Waals surface area contributed by atoms with Gasteiger partial charge in [0.2, 0.25) is 0 Å². The first-order valence-corrected chi connectivity index (χ1v) is 5.44. The van der Waals surface area contributed by atoms with Crippen molar-refractivity contribution < 1.29 is 4.79 Å². The summed E-state index contributed by atoms with van der Waals surface area (Å²) in [5.41, 5.74) is 1.55. The molecule has 0 unspecified atom stereocenters. The number of rotatable bonds is 4. The fourth-order valence-corrected chi connectivity index (χ4v) is 1.51. The molecule has 5 nitrogen and oxygen atoms in total. The molecule has 0 saturated carbocycles. The zero-order valence-electron chi connectivity index (χ0n) is 9.63. The Morgan fingerprint density at radius 1 is 1.35 bits per heavy atom. The molecule has 0 spiro atoms. The van der Waals surface area contributed by atoms with E-state index in [1.807, 2.05) is 30.3 Å². The fourth-order valence-electron chi connectivity index (χ4n) is 1.51. The van der Waals surface area contributed by atoms with Crippen molar-refractivity contribution in [3.8, 4) is 0 Å². The van der Waals surface area contributed by atoms with Crippen LogP contribution in [-0.2, 0) is 13.5 Å². The number of carbonyl (C=O) groups excluding carboxylic acids is 1. The molecule has 0 aliphatic rings. The molecule has 1 amide bonds. The topological polar surface area (TPSA) is 59.8 Å². The molecular weight excluding hydrogens is 216 g/mol. The number of aromatic nitrogens is 3. The molecule has 1 aromatic heterocycles. The van der Waals surface area contributed by atoms with Gasteiger partial charge in [0.15, 0.2) is 5.69 Å². The van der Waals surface area contributed by atoms with Crippen molar-refractivity contribution in [1.82, 2.24) is 20.3 Å². The molecule has 2 rings (SSSR count). The maximum atomic E-state index is 11.6. The molecule has 0 fully saturated rings. The normalized spacial score (nSPS) is 10.2. The number of benzene rings is 1. The van der Waals surface area contributed by atoms with Crippen LogP contribution in [0.4, 0.5) is 0 Å². The van der Waals surface area contributed by atoms with Crippen LogP contribution < -0.4 is 5.32 Å². The molecular formula is C12H14N4O. The largest absolute Gasteiger partial charge is 0.350 e. The van der Waals surface area contributed by atoms with Crippen LogP contribution in [0.25, 0.3) is 0 Å². The van der Waals surface area contributed by atoms with Gasteiger partial charge in [-0.25, -0.2) is 0 Å². The van der Waals surface area contributed by atoms with E-state index in [-0.39, 0.29) is 5.91 Å². The molecule has 0 aliphatic carbocycles. The van der Waals surface area contributed by atoms with E-state index in [9.17, 15) is 4.79 Å².